The number of carbonyl (C=O) groups excluding carboxylic acids is 1. The molecular weight excluding hydrogens is 330 g/mol. The van der Waals surface area contributed by atoms with Crippen LogP contribution in [0, 0.1) is 0 Å². The summed E-state index contributed by atoms with van der Waals surface area (Å²) in [6.45, 7) is 0. The molecule has 2 aromatic carbocycles. The highest BCUT2D eigenvalue weighted by Gasteiger charge is 2.17. The maximum absolute atomic E-state index is 12.1. The zero-order chi connectivity index (χ0) is 14.8. The molecule has 0 saturated carbocycles. The molecule has 1 N–H and O–H groups in total. The molecule has 0 atom stereocenters. The number of hydrogen-bond acceptors (Lipinski definition) is 3. The Balaban J connectivity index is 2.00. The Kier molecular flexibility index (Phi) is 3.73. The molecule has 1 aliphatic carbocycles. The number of hydrogen-bond donors (Lipinski definition) is 1. The van der Waals surface area contributed by atoms with Crippen LogP contribution in [0.1, 0.15) is 11.1 Å². The maximum atomic E-state index is 12.1. The van der Waals surface area contributed by atoms with E-state index in [-0.39, 0.29) is 5.78 Å². The molecule has 1 aliphatic rings. The summed E-state index contributed by atoms with van der Waals surface area (Å²) in [5, 5.41) is 11.1. The number of allylic oxidation sites excluding steroid dienone is 2. The van der Waals surface area contributed by atoms with Gasteiger partial charge in [-0.15, -0.1) is 0 Å². The lowest BCUT2D eigenvalue weighted by atomic mass is 9.92. The highest BCUT2D eigenvalue weighted by molar-refractivity contribution is 9.10. The number of rotatable bonds is 2. The van der Waals surface area contributed by atoms with Crippen LogP contribution >= 0.6 is 15.9 Å². The van der Waals surface area contributed by atoms with Crippen LogP contribution in [0.25, 0.3) is 11.6 Å². The highest BCUT2D eigenvalue weighted by Crippen LogP contribution is 2.28. The predicted octanol–water partition coefficient (Wildman–Crippen LogP) is 4.28. The van der Waals surface area contributed by atoms with Crippen molar-refractivity contribution < 1.29 is 10.0 Å². The van der Waals surface area contributed by atoms with E-state index in [1.165, 1.54) is 12.3 Å². The standard InChI is InChI=1S/C17H12BrNO2/c18-13-6-8-14(9-7-13)19(21)11-16-15-4-2-1-3-12(15)5-10-17(16)20/h1-11,21H/b16-11-. The van der Waals surface area contributed by atoms with Crippen molar-refractivity contribution in [1.82, 2.24) is 0 Å². The van der Waals surface area contributed by atoms with E-state index in [1.807, 2.05) is 36.4 Å². The average molecular weight is 342 g/mol. The van der Waals surface area contributed by atoms with Crippen molar-refractivity contribution in [1.29, 1.82) is 0 Å². The number of carbonyl (C=O) groups is 1. The lowest BCUT2D eigenvalue weighted by molar-refractivity contribution is -0.109. The van der Waals surface area contributed by atoms with Crippen LogP contribution in [-0.4, -0.2) is 11.0 Å². The molecule has 104 valence electrons. The summed E-state index contributed by atoms with van der Waals surface area (Å²) in [5.41, 5.74) is 2.85. The van der Waals surface area contributed by atoms with Gasteiger partial charge in [-0.25, -0.2) is 5.06 Å². The zero-order valence-electron chi connectivity index (χ0n) is 11.0. The maximum Gasteiger partial charge on any atom is 0.188 e. The summed E-state index contributed by atoms with van der Waals surface area (Å²) in [5.74, 6) is -0.120. The van der Waals surface area contributed by atoms with Crippen molar-refractivity contribution in [3.63, 3.8) is 0 Å². The number of ketones is 1. The van der Waals surface area contributed by atoms with Gasteiger partial charge in [0.15, 0.2) is 5.78 Å². The molecule has 2 aromatic rings. The number of anilines is 1. The molecule has 0 fully saturated rings. The minimum absolute atomic E-state index is 0.120. The van der Waals surface area contributed by atoms with Crippen LogP contribution in [0.2, 0.25) is 0 Å². The molecule has 0 spiro atoms. The second kappa shape index (κ2) is 5.68. The average Bonchev–Trinajstić information content (AvgIpc) is 2.51. The van der Waals surface area contributed by atoms with Crippen LogP contribution in [0.5, 0.6) is 0 Å². The lowest BCUT2D eigenvalue weighted by Crippen LogP contribution is -2.14. The minimum Gasteiger partial charge on any atom is -0.289 e. The number of benzene rings is 2. The Morgan fingerprint density at radius 3 is 2.48 bits per heavy atom. The summed E-state index contributed by atoms with van der Waals surface area (Å²) in [4.78, 5) is 12.1. The van der Waals surface area contributed by atoms with Crippen molar-refractivity contribution in [2.45, 2.75) is 0 Å². The quantitative estimate of drug-likeness (QED) is 0.654. The summed E-state index contributed by atoms with van der Waals surface area (Å²) in [6.07, 6.45) is 4.76. The molecule has 0 heterocycles. The number of halogens is 1. The molecule has 3 rings (SSSR count). The van der Waals surface area contributed by atoms with Crippen LogP contribution in [0.4, 0.5) is 5.69 Å². The third kappa shape index (κ3) is 2.82. The largest absolute Gasteiger partial charge is 0.289 e. The monoisotopic (exact) mass is 341 g/mol. The summed E-state index contributed by atoms with van der Waals surface area (Å²) in [6, 6.07) is 14.8. The topological polar surface area (TPSA) is 40.5 Å². The zero-order valence-corrected chi connectivity index (χ0v) is 12.6. The van der Waals surface area contributed by atoms with E-state index < -0.39 is 0 Å². The van der Waals surface area contributed by atoms with Gasteiger partial charge in [0.2, 0.25) is 0 Å². The van der Waals surface area contributed by atoms with Crippen molar-refractivity contribution in [2.24, 2.45) is 0 Å². The van der Waals surface area contributed by atoms with Gasteiger partial charge in [0.1, 0.15) is 0 Å². The van der Waals surface area contributed by atoms with E-state index in [1.54, 1.807) is 18.2 Å². The van der Waals surface area contributed by atoms with Crippen molar-refractivity contribution >= 4 is 39.0 Å². The van der Waals surface area contributed by atoms with Crippen LogP contribution in [0.3, 0.4) is 0 Å². The summed E-state index contributed by atoms with van der Waals surface area (Å²) >= 11 is 3.35. The Labute approximate surface area is 130 Å². The fraction of sp³-hybridized carbons (Fsp3) is 0. The Morgan fingerprint density at radius 2 is 1.71 bits per heavy atom. The molecule has 0 saturated heterocycles. The molecule has 3 nitrogen and oxygen atoms in total. The first-order valence-corrected chi connectivity index (χ1v) is 7.22. The van der Waals surface area contributed by atoms with E-state index in [4.69, 9.17) is 0 Å². The highest BCUT2D eigenvalue weighted by atomic mass is 79.9. The smallest absolute Gasteiger partial charge is 0.188 e. The van der Waals surface area contributed by atoms with Crippen LogP contribution in [-0.2, 0) is 4.79 Å². The van der Waals surface area contributed by atoms with E-state index in [2.05, 4.69) is 15.9 Å². The molecule has 0 aromatic heterocycles. The minimum atomic E-state index is -0.120. The van der Waals surface area contributed by atoms with Gasteiger partial charge in [-0.3, -0.25) is 10.0 Å². The number of fused-ring (bicyclic) bond motifs is 1. The van der Waals surface area contributed by atoms with Crippen molar-refractivity contribution in [3.05, 3.63) is 76.4 Å². The second-order valence-corrected chi connectivity index (χ2v) is 5.56. The van der Waals surface area contributed by atoms with Gasteiger partial charge in [-0.1, -0.05) is 46.3 Å². The molecule has 0 aliphatic heterocycles. The van der Waals surface area contributed by atoms with Gasteiger partial charge in [-0.2, -0.15) is 0 Å². The first-order valence-electron chi connectivity index (χ1n) is 6.42. The normalized spacial score (nSPS) is 15.1. The van der Waals surface area contributed by atoms with Gasteiger partial charge >= 0.3 is 0 Å². The molecule has 0 radical (unpaired) electrons. The van der Waals surface area contributed by atoms with E-state index in [0.717, 1.165) is 20.7 Å². The van der Waals surface area contributed by atoms with Gasteiger partial charge < -0.3 is 0 Å². The number of hydroxylamine groups is 1. The van der Waals surface area contributed by atoms with Gasteiger partial charge in [0.25, 0.3) is 0 Å². The second-order valence-electron chi connectivity index (χ2n) is 4.65. The third-order valence-electron chi connectivity index (χ3n) is 3.27. The van der Waals surface area contributed by atoms with Gasteiger partial charge in [0.05, 0.1) is 5.69 Å². The molecule has 0 amide bonds. The third-order valence-corrected chi connectivity index (χ3v) is 3.80. The molecule has 0 bridgehead atoms. The van der Waals surface area contributed by atoms with Crippen molar-refractivity contribution in [2.75, 3.05) is 5.06 Å². The number of nitrogens with zero attached hydrogens (tertiary/aromatic N) is 1. The Bertz CT molecular complexity index is 748. The predicted molar refractivity (Wildman–Crippen MR) is 86.9 cm³/mol. The Morgan fingerprint density at radius 1 is 1.00 bits per heavy atom. The van der Waals surface area contributed by atoms with Gasteiger partial charge in [0, 0.05) is 16.2 Å². The lowest BCUT2D eigenvalue weighted by Gasteiger charge is -2.17. The molecular formula is C17H12BrNO2. The SMILES string of the molecule is O=C1C=Cc2ccccc2/C1=C/N(O)c1ccc(Br)cc1. The first kappa shape index (κ1) is 13.8. The van der Waals surface area contributed by atoms with Crippen LogP contribution in [0.15, 0.2) is 65.3 Å². The fourth-order valence-corrected chi connectivity index (χ4v) is 2.46. The van der Waals surface area contributed by atoms with Crippen LogP contribution < -0.4 is 5.06 Å². The summed E-state index contributed by atoms with van der Waals surface area (Å²) in [7, 11) is 0. The fourth-order valence-electron chi connectivity index (χ4n) is 2.20. The van der Waals surface area contributed by atoms with Crippen molar-refractivity contribution in [3.8, 4) is 0 Å². The van der Waals surface area contributed by atoms with Gasteiger partial charge in [-0.05, 0) is 41.5 Å². The van der Waals surface area contributed by atoms with E-state index in [9.17, 15) is 10.0 Å². The first-order chi connectivity index (χ1) is 10.1. The summed E-state index contributed by atoms with van der Waals surface area (Å²) < 4.78 is 0.925. The van der Waals surface area contributed by atoms with E-state index in [0.29, 0.717) is 11.3 Å². The molecule has 4 heteroatoms. The van der Waals surface area contributed by atoms with E-state index >= 15 is 0 Å². The molecule has 21 heavy (non-hydrogen) atoms. The molecule has 0 unspecified atom stereocenters. The Hall–Kier alpha value is -2.17.